The highest BCUT2D eigenvalue weighted by Crippen LogP contribution is 2.18. The van der Waals surface area contributed by atoms with Crippen LogP contribution in [0, 0.1) is 11.8 Å². The molecular formula is C13H14O. The average Bonchev–Trinajstić information content (AvgIpc) is 2.19. The van der Waals surface area contributed by atoms with Gasteiger partial charge in [-0.2, -0.15) is 0 Å². The second-order valence-electron chi connectivity index (χ2n) is 3.23. The van der Waals surface area contributed by atoms with Crippen molar-refractivity contribution >= 4 is 0 Å². The fourth-order valence-corrected chi connectivity index (χ4v) is 1.13. The summed E-state index contributed by atoms with van der Waals surface area (Å²) in [6.45, 7) is 5.26. The zero-order valence-electron chi connectivity index (χ0n) is 8.33. The van der Waals surface area contributed by atoms with Crippen molar-refractivity contribution in [3.05, 3.63) is 48.6 Å². The Kier molecular flexibility index (Phi) is 3.50. The Morgan fingerprint density at radius 3 is 2.64 bits per heavy atom. The molecule has 0 unspecified atom stereocenters. The summed E-state index contributed by atoms with van der Waals surface area (Å²) in [6, 6.07) is 9.42. The lowest BCUT2D eigenvalue weighted by Crippen LogP contribution is -2.18. The molecule has 0 aliphatic carbocycles. The summed E-state index contributed by atoms with van der Waals surface area (Å²) in [5.41, 5.74) is -0.249. The van der Waals surface area contributed by atoms with E-state index >= 15 is 0 Å². The van der Waals surface area contributed by atoms with E-state index in [4.69, 9.17) is 0 Å². The second-order valence-corrected chi connectivity index (χ2v) is 3.23. The Bertz CT molecular complexity index is 352. The van der Waals surface area contributed by atoms with Gasteiger partial charge in [0, 0.05) is 6.42 Å². The molecule has 72 valence electrons. The molecule has 1 atom stereocenters. The van der Waals surface area contributed by atoms with Crippen LogP contribution in [0.3, 0.4) is 0 Å². The highest BCUT2D eigenvalue weighted by Gasteiger charge is 2.18. The minimum Gasteiger partial charge on any atom is -0.374 e. The van der Waals surface area contributed by atoms with Crippen molar-refractivity contribution in [2.45, 2.75) is 18.9 Å². The predicted octanol–water partition coefficient (Wildman–Crippen LogP) is 2.47. The topological polar surface area (TPSA) is 20.2 Å². The monoisotopic (exact) mass is 186 g/mol. The third-order valence-electron chi connectivity index (χ3n) is 1.91. The van der Waals surface area contributed by atoms with Crippen molar-refractivity contribution in [2.24, 2.45) is 0 Å². The van der Waals surface area contributed by atoms with Crippen LogP contribution in [0.15, 0.2) is 43.0 Å². The first-order chi connectivity index (χ1) is 6.67. The normalized spacial score (nSPS) is 13.6. The maximum absolute atomic E-state index is 10.0. The first-order valence-electron chi connectivity index (χ1n) is 4.55. The molecule has 1 aromatic rings. The quantitative estimate of drug-likeness (QED) is 0.555. The number of rotatable bonds is 2. The predicted molar refractivity (Wildman–Crippen MR) is 58.6 cm³/mol. The highest BCUT2D eigenvalue weighted by atomic mass is 16.3. The molecule has 14 heavy (non-hydrogen) atoms. The van der Waals surface area contributed by atoms with Crippen LogP contribution in [0.5, 0.6) is 0 Å². The van der Waals surface area contributed by atoms with Gasteiger partial charge < -0.3 is 5.11 Å². The lowest BCUT2D eigenvalue weighted by Gasteiger charge is -2.16. The van der Waals surface area contributed by atoms with E-state index in [0.717, 1.165) is 5.56 Å². The molecule has 1 heteroatoms. The van der Waals surface area contributed by atoms with Gasteiger partial charge in [0.1, 0.15) is 5.60 Å². The number of hydrogen-bond donors (Lipinski definition) is 1. The molecule has 1 aromatic carbocycles. The minimum absolute atomic E-state index is 0.600. The van der Waals surface area contributed by atoms with Crippen molar-refractivity contribution in [2.75, 3.05) is 0 Å². The van der Waals surface area contributed by atoms with E-state index in [1.165, 1.54) is 0 Å². The molecule has 0 saturated heterocycles. The van der Waals surface area contributed by atoms with Crippen molar-refractivity contribution in [3.63, 3.8) is 0 Å². The first kappa shape index (κ1) is 10.6. The zero-order valence-corrected chi connectivity index (χ0v) is 8.33. The van der Waals surface area contributed by atoms with Crippen molar-refractivity contribution < 1.29 is 5.11 Å². The summed E-state index contributed by atoms with van der Waals surface area (Å²) >= 11 is 0. The summed E-state index contributed by atoms with van der Waals surface area (Å²) in [6.07, 6.45) is 2.32. The van der Waals surface area contributed by atoms with Crippen LogP contribution in [0.2, 0.25) is 0 Å². The Balaban J connectivity index is 2.87. The van der Waals surface area contributed by atoms with Crippen molar-refractivity contribution in [1.82, 2.24) is 0 Å². The van der Waals surface area contributed by atoms with E-state index in [9.17, 15) is 5.11 Å². The largest absolute Gasteiger partial charge is 0.374 e. The van der Waals surface area contributed by atoms with Crippen LogP contribution in [-0.2, 0) is 5.60 Å². The summed E-state index contributed by atoms with van der Waals surface area (Å²) in [7, 11) is 0. The van der Waals surface area contributed by atoms with E-state index in [1.807, 2.05) is 30.3 Å². The summed E-state index contributed by atoms with van der Waals surface area (Å²) in [5.74, 6) is 5.67. The molecule has 0 saturated carbocycles. The molecule has 0 radical (unpaired) electrons. The SMILES string of the molecule is C=CCC#C[C@@](C)(O)c1ccccc1. The Labute approximate surface area is 85.1 Å². The van der Waals surface area contributed by atoms with Gasteiger partial charge in [-0.3, -0.25) is 0 Å². The second kappa shape index (κ2) is 4.64. The van der Waals surface area contributed by atoms with Crippen LogP contribution in [-0.4, -0.2) is 5.11 Å². The van der Waals surface area contributed by atoms with Gasteiger partial charge in [-0.05, 0) is 12.5 Å². The zero-order chi connectivity index (χ0) is 10.4. The average molecular weight is 186 g/mol. The number of hydrogen-bond acceptors (Lipinski definition) is 1. The van der Waals surface area contributed by atoms with Gasteiger partial charge in [0.05, 0.1) is 0 Å². The Hall–Kier alpha value is -1.52. The third-order valence-corrected chi connectivity index (χ3v) is 1.91. The maximum Gasteiger partial charge on any atom is 0.148 e. The molecule has 0 fully saturated rings. The summed E-state index contributed by atoms with van der Waals surface area (Å²) in [5, 5.41) is 10.0. The molecule has 1 rings (SSSR count). The van der Waals surface area contributed by atoms with Crippen molar-refractivity contribution in [3.8, 4) is 11.8 Å². The molecule has 0 aliphatic heterocycles. The molecule has 0 aromatic heterocycles. The van der Waals surface area contributed by atoms with Gasteiger partial charge in [-0.25, -0.2) is 0 Å². The van der Waals surface area contributed by atoms with Crippen LogP contribution < -0.4 is 0 Å². The molecule has 1 nitrogen and oxygen atoms in total. The van der Waals surface area contributed by atoms with Crippen LogP contribution in [0.4, 0.5) is 0 Å². The first-order valence-corrected chi connectivity index (χ1v) is 4.55. The molecule has 0 aliphatic rings. The third kappa shape index (κ3) is 2.76. The van der Waals surface area contributed by atoms with Gasteiger partial charge in [0.15, 0.2) is 0 Å². The van der Waals surface area contributed by atoms with Crippen molar-refractivity contribution in [1.29, 1.82) is 0 Å². The minimum atomic E-state index is -1.07. The van der Waals surface area contributed by atoms with E-state index in [1.54, 1.807) is 13.0 Å². The lowest BCUT2D eigenvalue weighted by atomic mass is 9.97. The van der Waals surface area contributed by atoms with Gasteiger partial charge in [-0.1, -0.05) is 48.2 Å². The van der Waals surface area contributed by atoms with Crippen LogP contribution in [0.1, 0.15) is 18.9 Å². The number of benzene rings is 1. The highest BCUT2D eigenvalue weighted by molar-refractivity contribution is 5.30. The van der Waals surface area contributed by atoms with Crippen LogP contribution in [0.25, 0.3) is 0 Å². The molecular weight excluding hydrogens is 172 g/mol. The fraction of sp³-hybridized carbons (Fsp3) is 0.231. The Morgan fingerprint density at radius 2 is 2.07 bits per heavy atom. The molecule has 0 heterocycles. The standard InChI is InChI=1S/C13H14O/c1-3-4-8-11-13(2,14)12-9-6-5-7-10-12/h3,5-7,9-10,14H,1,4H2,2H3/t13-/m1/s1. The molecule has 0 amide bonds. The smallest absolute Gasteiger partial charge is 0.148 e. The fourth-order valence-electron chi connectivity index (χ4n) is 1.13. The lowest BCUT2D eigenvalue weighted by molar-refractivity contribution is 0.122. The van der Waals surface area contributed by atoms with E-state index in [0.29, 0.717) is 6.42 Å². The van der Waals surface area contributed by atoms with E-state index < -0.39 is 5.60 Å². The molecule has 0 spiro atoms. The Morgan fingerprint density at radius 1 is 1.43 bits per heavy atom. The molecule has 0 bridgehead atoms. The van der Waals surface area contributed by atoms with Crippen LogP contribution >= 0.6 is 0 Å². The number of aliphatic hydroxyl groups is 1. The van der Waals surface area contributed by atoms with E-state index in [2.05, 4.69) is 18.4 Å². The maximum atomic E-state index is 10.0. The summed E-state index contributed by atoms with van der Waals surface area (Å²) < 4.78 is 0. The van der Waals surface area contributed by atoms with Gasteiger partial charge in [-0.15, -0.1) is 6.58 Å². The number of allylic oxidation sites excluding steroid dienone is 1. The van der Waals surface area contributed by atoms with Gasteiger partial charge in [0.2, 0.25) is 0 Å². The van der Waals surface area contributed by atoms with Gasteiger partial charge >= 0.3 is 0 Å². The molecule has 1 N–H and O–H groups in total. The summed E-state index contributed by atoms with van der Waals surface area (Å²) in [4.78, 5) is 0. The van der Waals surface area contributed by atoms with Gasteiger partial charge in [0.25, 0.3) is 0 Å². The van der Waals surface area contributed by atoms with E-state index in [-0.39, 0.29) is 0 Å².